The van der Waals surface area contributed by atoms with Crippen molar-refractivity contribution in [3.05, 3.63) is 198 Å². The van der Waals surface area contributed by atoms with Crippen molar-refractivity contribution in [3.63, 3.8) is 0 Å². The summed E-state index contributed by atoms with van der Waals surface area (Å²) in [5.41, 5.74) is 16.3. The molecule has 1 heteroatoms. The van der Waals surface area contributed by atoms with Gasteiger partial charge in [-0.25, -0.2) is 0 Å². The summed E-state index contributed by atoms with van der Waals surface area (Å²) < 4.78 is 0. The van der Waals surface area contributed by atoms with Crippen LogP contribution in [0.1, 0.15) is 36.1 Å². The van der Waals surface area contributed by atoms with Gasteiger partial charge in [0.1, 0.15) is 0 Å². The van der Waals surface area contributed by atoms with Gasteiger partial charge in [0, 0.05) is 16.2 Å². The van der Waals surface area contributed by atoms with E-state index in [2.05, 4.69) is 207 Å². The predicted molar refractivity (Wildman–Crippen MR) is 231 cm³/mol. The molecule has 2 aliphatic rings. The molecule has 0 saturated heterocycles. The molecule has 1 heterocycles. The normalized spacial score (nSPS) is 13.8. The number of hydrogen-bond donors (Lipinski definition) is 0. The highest BCUT2D eigenvalue weighted by molar-refractivity contribution is 6.23. The van der Waals surface area contributed by atoms with E-state index in [0.29, 0.717) is 0 Å². The highest BCUT2D eigenvalue weighted by Crippen LogP contribution is 2.54. The molecule has 0 N–H and O–H groups in total. The Morgan fingerprint density at radius 2 is 0.963 bits per heavy atom. The second kappa shape index (κ2) is 11.7. The van der Waals surface area contributed by atoms with Gasteiger partial charge in [-0.15, -0.1) is 0 Å². The zero-order chi connectivity index (χ0) is 36.0. The van der Waals surface area contributed by atoms with Gasteiger partial charge >= 0.3 is 0 Å². The molecule has 11 rings (SSSR count). The van der Waals surface area contributed by atoms with Crippen molar-refractivity contribution in [1.29, 1.82) is 0 Å². The van der Waals surface area contributed by atoms with Crippen LogP contribution in [0.5, 0.6) is 0 Å². The summed E-state index contributed by atoms with van der Waals surface area (Å²) in [4.78, 5) is 2.51. The molecule has 0 saturated carbocycles. The Bertz CT molecular complexity index is 2980. The minimum absolute atomic E-state index is 0.103. The van der Waals surface area contributed by atoms with Crippen molar-refractivity contribution in [1.82, 2.24) is 0 Å². The van der Waals surface area contributed by atoms with Crippen LogP contribution in [-0.2, 0) is 5.41 Å². The Morgan fingerprint density at radius 1 is 0.389 bits per heavy atom. The van der Waals surface area contributed by atoms with Crippen LogP contribution in [0, 0.1) is 0 Å². The third kappa shape index (κ3) is 4.45. The van der Waals surface area contributed by atoms with Crippen molar-refractivity contribution < 1.29 is 0 Å². The summed E-state index contributed by atoms with van der Waals surface area (Å²) in [7, 11) is 0. The van der Waals surface area contributed by atoms with Crippen LogP contribution < -0.4 is 4.90 Å². The largest absolute Gasteiger partial charge is 0.308 e. The average Bonchev–Trinajstić information content (AvgIpc) is 3.33. The minimum Gasteiger partial charge on any atom is -0.308 e. The van der Waals surface area contributed by atoms with Crippen LogP contribution in [0.25, 0.3) is 77.9 Å². The quantitative estimate of drug-likeness (QED) is 0.167. The Kier molecular flexibility index (Phi) is 6.66. The van der Waals surface area contributed by atoms with Gasteiger partial charge in [-0.05, 0) is 101 Å². The highest BCUT2D eigenvalue weighted by Gasteiger charge is 2.35. The molecule has 0 atom stereocenters. The van der Waals surface area contributed by atoms with E-state index in [1.54, 1.807) is 0 Å². The van der Waals surface area contributed by atoms with Crippen molar-refractivity contribution in [2.75, 3.05) is 4.90 Å². The van der Waals surface area contributed by atoms with Gasteiger partial charge in [-0.2, -0.15) is 0 Å². The van der Waals surface area contributed by atoms with Gasteiger partial charge in [0.15, 0.2) is 0 Å². The van der Waals surface area contributed by atoms with Gasteiger partial charge in [0.25, 0.3) is 0 Å². The number of anilines is 3. The molecule has 0 bridgehead atoms. The molecule has 1 nitrogen and oxygen atoms in total. The summed E-state index contributed by atoms with van der Waals surface area (Å²) >= 11 is 0. The molecule has 0 fully saturated rings. The van der Waals surface area contributed by atoms with Gasteiger partial charge in [0.2, 0.25) is 0 Å². The topological polar surface area (TPSA) is 3.24 Å². The Labute approximate surface area is 316 Å². The minimum atomic E-state index is -0.103. The Balaban J connectivity index is 1.27. The molecule has 54 heavy (non-hydrogen) atoms. The van der Waals surface area contributed by atoms with E-state index in [9.17, 15) is 0 Å². The summed E-state index contributed by atoms with van der Waals surface area (Å²) in [6.07, 6.45) is 4.52. The molecular formula is C53H37N. The first-order valence-corrected chi connectivity index (χ1v) is 18.9. The second-order valence-corrected chi connectivity index (χ2v) is 15.3. The Morgan fingerprint density at radius 3 is 1.76 bits per heavy atom. The molecule has 0 unspecified atom stereocenters. The van der Waals surface area contributed by atoms with E-state index < -0.39 is 0 Å². The van der Waals surface area contributed by atoms with E-state index in [1.165, 1.54) is 105 Å². The maximum absolute atomic E-state index is 2.51. The summed E-state index contributed by atoms with van der Waals surface area (Å²) in [6, 6.07) is 65.4. The van der Waals surface area contributed by atoms with Crippen molar-refractivity contribution in [3.8, 4) is 33.4 Å². The number of nitrogens with zero attached hydrogens (tertiary/aromatic N) is 1. The molecule has 0 aromatic heterocycles. The summed E-state index contributed by atoms with van der Waals surface area (Å²) in [5, 5.41) is 7.46. The SMILES string of the molecule is CC1(C)c2ccccc2-c2ccc(-c3c4ccccc4c(N4c5ccccc5C=Cc5ccccc54)c4ccc(-c5cccc6ccccc56)cc34)cc21. The van der Waals surface area contributed by atoms with E-state index in [0.717, 1.165) is 0 Å². The second-order valence-electron chi connectivity index (χ2n) is 15.3. The highest BCUT2D eigenvalue weighted by atomic mass is 15.2. The van der Waals surface area contributed by atoms with Crippen LogP contribution in [0.3, 0.4) is 0 Å². The maximum atomic E-state index is 2.51. The van der Waals surface area contributed by atoms with E-state index >= 15 is 0 Å². The summed E-state index contributed by atoms with van der Waals surface area (Å²) in [6.45, 7) is 4.75. The first-order valence-electron chi connectivity index (χ1n) is 18.9. The number of rotatable bonds is 3. The fourth-order valence-corrected chi connectivity index (χ4v) is 9.43. The average molecular weight is 688 g/mol. The lowest BCUT2D eigenvalue weighted by Crippen LogP contribution is -2.15. The molecule has 0 spiro atoms. The fourth-order valence-electron chi connectivity index (χ4n) is 9.43. The lowest BCUT2D eigenvalue weighted by molar-refractivity contribution is 0.660. The molecule has 0 amide bonds. The lowest BCUT2D eigenvalue weighted by Gasteiger charge is -2.31. The molecule has 1 aliphatic heterocycles. The summed E-state index contributed by atoms with van der Waals surface area (Å²) in [5.74, 6) is 0. The van der Waals surface area contributed by atoms with Crippen molar-refractivity contribution in [2.45, 2.75) is 19.3 Å². The van der Waals surface area contributed by atoms with Gasteiger partial charge < -0.3 is 4.90 Å². The molecule has 0 radical (unpaired) electrons. The molecule has 9 aromatic carbocycles. The van der Waals surface area contributed by atoms with Crippen molar-refractivity contribution >= 4 is 61.5 Å². The smallest absolute Gasteiger partial charge is 0.0619 e. The monoisotopic (exact) mass is 687 g/mol. The van der Waals surface area contributed by atoms with Gasteiger partial charge in [0.05, 0.1) is 17.1 Å². The number of para-hydroxylation sites is 2. The lowest BCUT2D eigenvalue weighted by atomic mass is 9.80. The molecular weight excluding hydrogens is 651 g/mol. The Hall–Kier alpha value is -6.70. The van der Waals surface area contributed by atoms with E-state index in [4.69, 9.17) is 0 Å². The van der Waals surface area contributed by atoms with Gasteiger partial charge in [-0.1, -0.05) is 178 Å². The number of fused-ring (bicyclic) bond motifs is 8. The molecule has 9 aromatic rings. The molecule has 1 aliphatic carbocycles. The number of hydrogen-bond acceptors (Lipinski definition) is 1. The zero-order valence-corrected chi connectivity index (χ0v) is 30.3. The number of benzene rings is 9. The van der Waals surface area contributed by atoms with Gasteiger partial charge in [-0.3, -0.25) is 0 Å². The predicted octanol–water partition coefficient (Wildman–Crippen LogP) is 14.7. The van der Waals surface area contributed by atoms with Crippen LogP contribution >= 0.6 is 0 Å². The van der Waals surface area contributed by atoms with E-state index in [1.807, 2.05) is 0 Å². The standard InChI is InChI=1S/C53H37N/c1-53(2)47-23-10-9-19-41(47)42-30-29-38(33-48(42)53)51-43-20-7-8-21-44(43)52(54-49-24-11-4-15-35(49)26-27-36-16-5-12-25-50(36)54)45-31-28-37(32-46(45)51)40-22-13-17-34-14-3-6-18-39(34)40/h3-33H,1-2H3. The van der Waals surface area contributed by atoms with E-state index in [-0.39, 0.29) is 5.41 Å². The first kappa shape index (κ1) is 30.9. The van der Waals surface area contributed by atoms with Crippen LogP contribution in [0.2, 0.25) is 0 Å². The van der Waals surface area contributed by atoms with Crippen molar-refractivity contribution in [2.24, 2.45) is 0 Å². The maximum Gasteiger partial charge on any atom is 0.0619 e. The first-order chi connectivity index (χ1) is 26.6. The fraction of sp³-hybridized carbons (Fsp3) is 0.0566. The zero-order valence-electron chi connectivity index (χ0n) is 30.3. The molecule has 254 valence electrons. The van der Waals surface area contributed by atoms with Crippen LogP contribution in [0.4, 0.5) is 17.1 Å². The third-order valence-corrected chi connectivity index (χ3v) is 12.0. The third-order valence-electron chi connectivity index (χ3n) is 12.0. The van der Waals surface area contributed by atoms with Crippen LogP contribution in [-0.4, -0.2) is 0 Å². The van der Waals surface area contributed by atoms with Crippen LogP contribution in [0.15, 0.2) is 176 Å².